The molecular weight excluding hydrogens is 342 g/mol. The summed E-state index contributed by atoms with van der Waals surface area (Å²) < 4.78 is 2.42. The van der Waals surface area contributed by atoms with E-state index in [0.29, 0.717) is 11.3 Å². The summed E-state index contributed by atoms with van der Waals surface area (Å²) in [5.74, 6) is 1.53. The standard InChI is InChI=1S/C22H27NS2/c1-16(11-12-18-17(2)8-7-14-22(18,3)4)13-15-24-21-23-19-9-5-6-10-20(19)25-21/h5-6,8-13,18H,7,14-15H2,1-4H3. The first-order valence-electron chi connectivity index (χ1n) is 8.96. The molecule has 1 atom stereocenters. The Bertz CT molecular complexity index is 790. The van der Waals surface area contributed by atoms with Gasteiger partial charge in [0.2, 0.25) is 0 Å². The number of allylic oxidation sites excluding steroid dienone is 5. The van der Waals surface area contributed by atoms with E-state index >= 15 is 0 Å². The van der Waals surface area contributed by atoms with Crippen LogP contribution in [0.2, 0.25) is 0 Å². The Balaban J connectivity index is 1.60. The van der Waals surface area contributed by atoms with Crippen LogP contribution in [0.5, 0.6) is 0 Å². The van der Waals surface area contributed by atoms with Crippen LogP contribution < -0.4 is 0 Å². The average molecular weight is 370 g/mol. The Kier molecular flexibility index (Phi) is 5.85. The molecule has 1 nitrogen and oxygen atoms in total. The van der Waals surface area contributed by atoms with Crippen molar-refractivity contribution in [2.24, 2.45) is 11.3 Å². The molecule has 1 aliphatic carbocycles. The van der Waals surface area contributed by atoms with E-state index in [-0.39, 0.29) is 0 Å². The van der Waals surface area contributed by atoms with E-state index in [1.165, 1.54) is 28.7 Å². The van der Waals surface area contributed by atoms with Crippen LogP contribution in [-0.2, 0) is 0 Å². The molecule has 3 rings (SSSR count). The molecular formula is C22H27NS2. The van der Waals surface area contributed by atoms with Crippen molar-refractivity contribution in [1.29, 1.82) is 0 Å². The molecule has 0 saturated heterocycles. The number of aromatic nitrogens is 1. The van der Waals surface area contributed by atoms with Gasteiger partial charge in [0.15, 0.2) is 4.34 Å². The van der Waals surface area contributed by atoms with Gasteiger partial charge in [-0.15, -0.1) is 11.3 Å². The van der Waals surface area contributed by atoms with Crippen LogP contribution in [0.4, 0.5) is 0 Å². The van der Waals surface area contributed by atoms with Crippen LogP contribution in [0.1, 0.15) is 40.5 Å². The number of para-hydroxylation sites is 1. The molecule has 0 bridgehead atoms. The molecule has 25 heavy (non-hydrogen) atoms. The van der Waals surface area contributed by atoms with Crippen molar-refractivity contribution < 1.29 is 0 Å². The van der Waals surface area contributed by atoms with Gasteiger partial charge in [0.05, 0.1) is 10.2 Å². The van der Waals surface area contributed by atoms with Crippen molar-refractivity contribution in [2.75, 3.05) is 5.75 Å². The van der Waals surface area contributed by atoms with Crippen molar-refractivity contribution in [1.82, 2.24) is 4.98 Å². The van der Waals surface area contributed by atoms with Gasteiger partial charge in [0, 0.05) is 11.7 Å². The Morgan fingerprint density at radius 1 is 1.36 bits per heavy atom. The van der Waals surface area contributed by atoms with Crippen molar-refractivity contribution in [3.63, 3.8) is 0 Å². The lowest BCUT2D eigenvalue weighted by Crippen LogP contribution is -2.26. The van der Waals surface area contributed by atoms with Crippen molar-refractivity contribution in [3.8, 4) is 0 Å². The van der Waals surface area contributed by atoms with Crippen molar-refractivity contribution in [2.45, 2.75) is 44.9 Å². The Morgan fingerprint density at radius 3 is 2.92 bits per heavy atom. The van der Waals surface area contributed by atoms with E-state index in [0.717, 1.165) is 15.6 Å². The number of nitrogens with zero attached hydrogens (tertiary/aromatic N) is 1. The minimum absolute atomic E-state index is 0.366. The third-order valence-corrected chi connectivity index (χ3v) is 7.13. The number of hydrogen-bond acceptors (Lipinski definition) is 3. The largest absolute Gasteiger partial charge is 0.230 e. The Labute approximate surface area is 159 Å². The summed E-state index contributed by atoms with van der Waals surface area (Å²) in [5.41, 5.74) is 4.33. The number of fused-ring (bicyclic) bond motifs is 1. The molecule has 132 valence electrons. The highest BCUT2D eigenvalue weighted by molar-refractivity contribution is 8.01. The SMILES string of the molecule is CC(C=CC1C(C)=CCCC1(C)C)=CCSc1nc2ccccc2s1. The third-order valence-electron chi connectivity index (χ3n) is 5.03. The minimum Gasteiger partial charge on any atom is -0.230 e. The first-order valence-corrected chi connectivity index (χ1v) is 10.8. The molecule has 0 fully saturated rings. The molecule has 3 heteroatoms. The number of thiazole rings is 1. The molecule has 1 aromatic carbocycles. The topological polar surface area (TPSA) is 12.9 Å². The highest BCUT2D eigenvalue weighted by atomic mass is 32.2. The minimum atomic E-state index is 0.366. The summed E-state index contributed by atoms with van der Waals surface area (Å²) in [5, 5.41) is 0. The van der Waals surface area contributed by atoms with Crippen LogP contribution in [0.15, 0.2) is 64.1 Å². The molecule has 0 aliphatic heterocycles. The Morgan fingerprint density at radius 2 is 2.16 bits per heavy atom. The normalized spacial score (nSPS) is 21.0. The fourth-order valence-electron chi connectivity index (χ4n) is 3.46. The first-order chi connectivity index (χ1) is 12.0. The second-order valence-corrected chi connectivity index (χ2v) is 9.82. The fraction of sp³-hybridized carbons (Fsp3) is 0.409. The van der Waals surface area contributed by atoms with Crippen LogP contribution in [0.25, 0.3) is 10.2 Å². The van der Waals surface area contributed by atoms with E-state index < -0.39 is 0 Å². The number of rotatable bonds is 5. The maximum absolute atomic E-state index is 4.68. The molecule has 1 heterocycles. The van der Waals surface area contributed by atoms with Crippen LogP contribution in [0, 0.1) is 11.3 Å². The smallest absolute Gasteiger partial charge is 0.151 e. The number of benzene rings is 1. The molecule has 1 unspecified atom stereocenters. The van der Waals surface area contributed by atoms with Gasteiger partial charge in [-0.3, -0.25) is 0 Å². The molecule has 0 saturated carbocycles. The molecule has 0 radical (unpaired) electrons. The second-order valence-electron chi connectivity index (χ2n) is 7.52. The van der Waals surface area contributed by atoms with Gasteiger partial charge in [0.1, 0.15) is 0 Å². The highest BCUT2D eigenvalue weighted by Crippen LogP contribution is 2.41. The van der Waals surface area contributed by atoms with Crippen LogP contribution in [0.3, 0.4) is 0 Å². The average Bonchev–Trinajstić information content (AvgIpc) is 2.96. The molecule has 2 aromatic rings. The summed E-state index contributed by atoms with van der Waals surface area (Å²) in [6.07, 6.45) is 11.9. The monoisotopic (exact) mass is 369 g/mol. The van der Waals surface area contributed by atoms with Gasteiger partial charge in [-0.1, -0.05) is 73.2 Å². The predicted octanol–water partition coefficient (Wildman–Crippen LogP) is 7.27. The molecule has 0 spiro atoms. The van der Waals surface area contributed by atoms with E-state index in [2.05, 4.69) is 81.2 Å². The zero-order valence-electron chi connectivity index (χ0n) is 15.6. The lowest BCUT2D eigenvalue weighted by molar-refractivity contribution is 0.255. The van der Waals surface area contributed by atoms with E-state index in [4.69, 9.17) is 0 Å². The molecule has 1 aliphatic rings. The zero-order chi connectivity index (χ0) is 17.9. The van der Waals surface area contributed by atoms with Crippen LogP contribution >= 0.6 is 23.1 Å². The van der Waals surface area contributed by atoms with Crippen LogP contribution in [-0.4, -0.2) is 10.7 Å². The predicted molar refractivity (Wildman–Crippen MR) is 114 cm³/mol. The second kappa shape index (κ2) is 7.92. The summed E-state index contributed by atoms with van der Waals surface area (Å²) in [6.45, 7) is 9.25. The molecule has 1 aromatic heterocycles. The summed E-state index contributed by atoms with van der Waals surface area (Å²) in [6, 6.07) is 8.35. The maximum atomic E-state index is 4.68. The summed E-state index contributed by atoms with van der Waals surface area (Å²) in [4.78, 5) is 4.68. The van der Waals surface area contributed by atoms with Gasteiger partial charge in [0.25, 0.3) is 0 Å². The molecule has 0 N–H and O–H groups in total. The first kappa shape index (κ1) is 18.5. The van der Waals surface area contributed by atoms with Crippen molar-refractivity contribution in [3.05, 3.63) is 59.7 Å². The van der Waals surface area contributed by atoms with E-state index in [1.54, 1.807) is 11.3 Å². The Hall–Kier alpha value is -1.32. The van der Waals surface area contributed by atoms with Gasteiger partial charge >= 0.3 is 0 Å². The lowest BCUT2D eigenvalue weighted by atomic mass is 9.68. The number of thioether (sulfide) groups is 1. The number of hydrogen-bond donors (Lipinski definition) is 0. The lowest BCUT2D eigenvalue weighted by Gasteiger charge is -2.36. The van der Waals surface area contributed by atoms with E-state index in [1.807, 2.05) is 11.8 Å². The highest BCUT2D eigenvalue weighted by Gasteiger charge is 2.30. The van der Waals surface area contributed by atoms with Gasteiger partial charge in [-0.25, -0.2) is 4.98 Å². The zero-order valence-corrected chi connectivity index (χ0v) is 17.2. The van der Waals surface area contributed by atoms with Gasteiger partial charge < -0.3 is 0 Å². The molecule has 0 amide bonds. The third kappa shape index (κ3) is 4.65. The quantitative estimate of drug-likeness (QED) is 0.312. The maximum Gasteiger partial charge on any atom is 0.151 e. The van der Waals surface area contributed by atoms with Gasteiger partial charge in [-0.2, -0.15) is 0 Å². The van der Waals surface area contributed by atoms with Crippen molar-refractivity contribution >= 4 is 33.3 Å². The van der Waals surface area contributed by atoms with Gasteiger partial charge in [-0.05, 0) is 44.2 Å². The summed E-state index contributed by atoms with van der Waals surface area (Å²) in [7, 11) is 0. The fourth-order valence-corrected chi connectivity index (χ4v) is 5.51. The summed E-state index contributed by atoms with van der Waals surface area (Å²) >= 11 is 3.60. The van der Waals surface area contributed by atoms with E-state index in [9.17, 15) is 0 Å².